The van der Waals surface area contributed by atoms with Crippen molar-refractivity contribution in [1.29, 1.82) is 0 Å². The molecule has 0 heterocycles. The maximum Gasteiger partial charge on any atom is 0.0508 e. The van der Waals surface area contributed by atoms with E-state index in [9.17, 15) is 0 Å². The van der Waals surface area contributed by atoms with E-state index in [1.54, 1.807) is 0 Å². The Kier molecular flexibility index (Phi) is 2.86. The van der Waals surface area contributed by atoms with Crippen LogP contribution in [0.5, 0.6) is 0 Å². The van der Waals surface area contributed by atoms with E-state index in [0.717, 1.165) is 21.6 Å². The topological polar surface area (TPSA) is 26.0 Å². The SMILES string of the molecule is C=Cc1cc2c(cc1C=C)=CC(C)(N)C=CC=2. The fraction of sp³-hybridized carbons (Fsp3) is 0.125. The van der Waals surface area contributed by atoms with Crippen molar-refractivity contribution in [1.82, 2.24) is 0 Å². The molecule has 0 radical (unpaired) electrons. The van der Waals surface area contributed by atoms with Gasteiger partial charge in [-0.1, -0.05) is 49.6 Å². The lowest BCUT2D eigenvalue weighted by molar-refractivity contribution is 0.778. The van der Waals surface area contributed by atoms with Gasteiger partial charge in [-0.25, -0.2) is 0 Å². The summed E-state index contributed by atoms with van der Waals surface area (Å²) in [5.74, 6) is 0. The molecule has 1 nitrogen and oxygen atoms in total. The first-order valence-electron chi connectivity index (χ1n) is 5.66. The molecule has 1 heteroatoms. The molecule has 1 unspecified atom stereocenters. The van der Waals surface area contributed by atoms with Crippen LogP contribution in [0.1, 0.15) is 18.1 Å². The van der Waals surface area contributed by atoms with E-state index in [-0.39, 0.29) is 0 Å². The van der Waals surface area contributed by atoms with Crippen LogP contribution in [-0.2, 0) is 0 Å². The number of nitrogens with two attached hydrogens (primary N) is 1. The van der Waals surface area contributed by atoms with Crippen LogP contribution in [0.15, 0.2) is 37.4 Å². The highest BCUT2D eigenvalue weighted by molar-refractivity contribution is 5.65. The molecule has 0 saturated heterocycles. The third-order valence-electron chi connectivity index (χ3n) is 2.93. The average Bonchev–Trinajstić information content (AvgIpc) is 2.43. The average molecular weight is 223 g/mol. The minimum Gasteiger partial charge on any atom is -0.319 e. The maximum atomic E-state index is 6.15. The van der Waals surface area contributed by atoms with E-state index in [1.165, 1.54) is 0 Å². The zero-order valence-corrected chi connectivity index (χ0v) is 10.1. The summed E-state index contributed by atoms with van der Waals surface area (Å²) in [4.78, 5) is 0. The molecular formula is C16H17N. The van der Waals surface area contributed by atoms with Crippen LogP contribution in [0.4, 0.5) is 0 Å². The Bertz CT molecular complexity index is 616. The summed E-state index contributed by atoms with van der Waals surface area (Å²) in [6, 6.07) is 4.22. The monoisotopic (exact) mass is 223 g/mol. The Morgan fingerprint density at radius 3 is 2.29 bits per heavy atom. The summed E-state index contributed by atoms with van der Waals surface area (Å²) >= 11 is 0. The van der Waals surface area contributed by atoms with Crippen molar-refractivity contribution in [3.05, 3.63) is 59.0 Å². The minimum atomic E-state index is -0.407. The Morgan fingerprint density at radius 1 is 1.12 bits per heavy atom. The molecule has 1 aliphatic rings. The van der Waals surface area contributed by atoms with Gasteiger partial charge < -0.3 is 5.73 Å². The van der Waals surface area contributed by atoms with Gasteiger partial charge in [-0.2, -0.15) is 0 Å². The summed E-state index contributed by atoms with van der Waals surface area (Å²) in [6.45, 7) is 9.64. The molecule has 1 atom stereocenters. The van der Waals surface area contributed by atoms with Crippen molar-refractivity contribution >= 4 is 24.3 Å². The van der Waals surface area contributed by atoms with Crippen molar-refractivity contribution < 1.29 is 0 Å². The van der Waals surface area contributed by atoms with E-state index >= 15 is 0 Å². The first-order chi connectivity index (χ1) is 8.05. The molecule has 17 heavy (non-hydrogen) atoms. The van der Waals surface area contributed by atoms with Crippen LogP contribution < -0.4 is 16.2 Å². The smallest absolute Gasteiger partial charge is 0.0508 e. The van der Waals surface area contributed by atoms with Gasteiger partial charge in [-0.15, -0.1) is 0 Å². The Balaban J connectivity index is 2.83. The van der Waals surface area contributed by atoms with Gasteiger partial charge in [0.15, 0.2) is 0 Å². The molecule has 0 amide bonds. The molecule has 0 bridgehead atoms. The highest BCUT2D eigenvalue weighted by Crippen LogP contribution is 2.09. The number of rotatable bonds is 2. The van der Waals surface area contributed by atoms with Crippen molar-refractivity contribution in [3.8, 4) is 0 Å². The normalized spacial score (nSPS) is 21.8. The van der Waals surface area contributed by atoms with Crippen molar-refractivity contribution in [2.45, 2.75) is 12.5 Å². The molecule has 1 aromatic carbocycles. The zero-order valence-electron chi connectivity index (χ0n) is 10.1. The third-order valence-corrected chi connectivity index (χ3v) is 2.93. The Labute approximate surface area is 102 Å². The number of hydrogen-bond acceptors (Lipinski definition) is 1. The summed E-state index contributed by atoms with van der Waals surface area (Å²) in [5, 5.41) is 2.30. The van der Waals surface area contributed by atoms with Crippen LogP contribution in [0.2, 0.25) is 0 Å². The molecular weight excluding hydrogens is 206 g/mol. The van der Waals surface area contributed by atoms with Gasteiger partial charge >= 0.3 is 0 Å². The van der Waals surface area contributed by atoms with Gasteiger partial charge in [-0.05, 0) is 40.6 Å². The molecule has 0 spiro atoms. The summed E-state index contributed by atoms with van der Waals surface area (Å²) < 4.78 is 0. The highest BCUT2D eigenvalue weighted by atomic mass is 14.7. The number of hydrogen-bond donors (Lipinski definition) is 1. The number of benzene rings is 1. The predicted octanol–water partition coefficient (Wildman–Crippen LogP) is 1.82. The molecule has 2 N–H and O–H groups in total. The summed E-state index contributed by atoms with van der Waals surface area (Å²) in [5.41, 5.74) is 7.92. The largest absolute Gasteiger partial charge is 0.319 e. The van der Waals surface area contributed by atoms with Crippen molar-refractivity contribution in [2.75, 3.05) is 0 Å². The van der Waals surface area contributed by atoms with Crippen LogP contribution >= 0.6 is 0 Å². The second kappa shape index (κ2) is 4.19. The molecule has 0 aromatic heterocycles. The molecule has 1 aromatic rings. The summed E-state index contributed by atoms with van der Waals surface area (Å²) in [6.07, 6.45) is 11.8. The third kappa shape index (κ3) is 2.29. The molecule has 2 rings (SSSR count). The van der Waals surface area contributed by atoms with Crippen LogP contribution in [0, 0.1) is 0 Å². The van der Waals surface area contributed by atoms with E-state index < -0.39 is 5.54 Å². The van der Waals surface area contributed by atoms with Gasteiger partial charge in [0.05, 0.1) is 5.54 Å². The first-order valence-corrected chi connectivity index (χ1v) is 5.66. The van der Waals surface area contributed by atoms with Crippen molar-refractivity contribution in [3.63, 3.8) is 0 Å². The van der Waals surface area contributed by atoms with E-state index in [4.69, 9.17) is 5.73 Å². The zero-order chi connectivity index (χ0) is 12.5. The molecule has 0 fully saturated rings. The minimum absolute atomic E-state index is 0.407. The molecule has 1 aliphatic carbocycles. The molecule has 0 saturated carbocycles. The Hall–Kier alpha value is -1.86. The number of allylic oxidation sites excluding steroid dienone is 1. The second-order valence-corrected chi connectivity index (χ2v) is 4.55. The second-order valence-electron chi connectivity index (χ2n) is 4.55. The van der Waals surface area contributed by atoms with Crippen molar-refractivity contribution in [2.24, 2.45) is 5.73 Å². The van der Waals surface area contributed by atoms with Crippen LogP contribution in [0.25, 0.3) is 24.3 Å². The standard InChI is InChI=1S/C16H17N/c1-4-12-9-14-7-6-8-16(3,17)11-15(14)10-13(12)5-2/h4-11H,1-2,17H2,3H3. The lowest BCUT2D eigenvalue weighted by Gasteiger charge is -2.13. The molecule has 86 valence electrons. The van der Waals surface area contributed by atoms with Crippen LogP contribution in [0.3, 0.4) is 0 Å². The van der Waals surface area contributed by atoms with Gasteiger partial charge in [0.2, 0.25) is 0 Å². The number of fused-ring (bicyclic) bond motifs is 1. The van der Waals surface area contributed by atoms with Crippen LogP contribution in [-0.4, -0.2) is 5.54 Å². The lowest BCUT2D eigenvalue weighted by Crippen LogP contribution is -2.35. The first kappa shape index (κ1) is 11.6. The maximum absolute atomic E-state index is 6.15. The quantitative estimate of drug-likeness (QED) is 0.813. The van der Waals surface area contributed by atoms with E-state index in [1.807, 2.05) is 31.2 Å². The highest BCUT2D eigenvalue weighted by Gasteiger charge is 2.11. The van der Waals surface area contributed by atoms with Gasteiger partial charge in [-0.3, -0.25) is 0 Å². The summed E-state index contributed by atoms with van der Waals surface area (Å²) in [7, 11) is 0. The molecule has 0 aliphatic heterocycles. The van der Waals surface area contributed by atoms with E-state index in [2.05, 4.69) is 37.4 Å². The fourth-order valence-electron chi connectivity index (χ4n) is 2.03. The van der Waals surface area contributed by atoms with Gasteiger partial charge in [0.25, 0.3) is 0 Å². The lowest BCUT2D eigenvalue weighted by atomic mass is 10.00. The van der Waals surface area contributed by atoms with Gasteiger partial charge in [0.1, 0.15) is 0 Å². The predicted molar refractivity (Wildman–Crippen MR) is 76.5 cm³/mol. The fourth-order valence-corrected chi connectivity index (χ4v) is 2.03. The van der Waals surface area contributed by atoms with E-state index in [0.29, 0.717) is 0 Å². The Morgan fingerprint density at radius 2 is 1.71 bits per heavy atom. The van der Waals surface area contributed by atoms with Gasteiger partial charge in [0, 0.05) is 0 Å².